The van der Waals surface area contributed by atoms with E-state index in [-0.39, 0.29) is 5.02 Å². The average molecular weight is 280 g/mol. The van der Waals surface area contributed by atoms with E-state index in [4.69, 9.17) is 16.3 Å². The van der Waals surface area contributed by atoms with E-state index in [1.807, 2.05) is 18.2 Å². The van der Waals surface area contributed by atoms with Gasteiger partial charge in [-0.25, -0.2) is 4.39 Å². The van der Waals surface area contributed by atoms with Gasteiger partial charge in [0.2, 0.25) is 0 Å². The van der Waals surface area contributed by atoms with Crippen LogP contribution in [-0.2, 0) is 17.9 Å². The second kappa shape index (κ2) is 6.55. The fourth-order valence-electron chi connectivity index (χ4n) is 1.81. The van der Waals surface area contributed by atoms with Gasteiger partial charge >= 0.3 is 0 Å². The number of halogens is 2. The van der Waals surface area contributed by atoms with E-state index in [1.54, 1.807) is 19.2 Å². The molecule has 100 valence electrons. The summed E-state index contributed by atoms with van der Waals surface area (Å²) < 4.78 is 18.1. The Hall–Kier alpha value is -1.58. The summed E-state index contributed by atoms with van der Waals surface area (Å²) in [6.45, 7) is 1.25. The quantitative estimate of drug-likeness (QED) is 0.884. The Morgan fingerprint density at radius 2 is 1.95 bits per heavy atom. The summed E-state index contributed by atoms with van der Waals surface area (Å²) in [6.07, 6.45) is 0. The van der Waals surface area contributed by atoms with Gasteiger partial charge in [0, 0.05) is 19.3 Å². The molecule has 0 aliphatic heterocycles. The number of nitrogens with one attached hydrogen (secondary N) is 1. The van der Waals surface area contributed by atoms with Crippen LogP contribution in [0.15, 0.2) is 42.5 Å². The smallest absolute Gasteiger partial charge is 0.141 e. The van der Waals surface area contributed by atoms with Crippen LogP contribution in [0, 0.1) is 5.82 Å². The average Bonchev–Trinajstić information content (AvgIpc) is 2.41. The first kappa shape index (κ1) is 13.8. The highest BCUT2D eigenvalue weighted by molar-refractivity contribution is 6.31. The van der Waals surface area contributed by atoms with Crippen molar-refractivity contribution in [1.82, 2.24) is 0 Å². The molecule has 0 saturated heterocycles. The van der Waals surface area contributed by atoms with Crippen molar-refractivity contribution in [2.75, 3.05) is 12.4 Å². The van der Waals surface area contributed by atoms with Crippen molar-refractivity contribution >= 4 is 17.3 Å². The third-order valence-corrected chi connectivity index (χ3v) is 3.01. The number of benzene rings is 2. The van der Waals surface area contributed by atoms with Gasteiger partial charge < -0.3 is 10.1 Å². The number of rotatable bonds is 5. The summed E-state index contributed by atoms with van der Waals surface area (Å²) in [5.41, 5.74) is 3.05. The van der Waals surface area contributed by atoms with Crippen LogP contribution in [0.1, 0.15) is 11.1 Å². The second-order valence-electron chi connectivity index (χ2n) is 4.24. The molecular formula is C15H15ClFNO. The summed E-state index contributed by atoms with van der Waals surface area (Å²) in [4.78, 5) is 0. The number of hydrogen-bond acceptors (Lipinski definition) is 2. The predicted octanol–water partition coefficient (Wildman–Crippen LogP) is 4.24. The molecule has 0 aliphatic rings. The van der Waals surface area contributed by atoms with Crippen LogP contribution in [0.5, 0.6) is 0 Å². The molecule has 4 heteroatoms. The van der Waals surface area contributed by atoms with E-state index in [1.165, 1.54) is 6.07 Å². The second-order valence-corrected chi connectivity index (χ2v) is 4.64. The molecule has 0 fully saturated rings. The molecule has 2 rings (SSSR count). The minimum atomic E-state index is -0.408. The summed E-state index contributed by atoms with van der Waals surface area (Å²) >= 11 is 5.73. The molecular weight excluding hydrogens is 265 g/mol. The molecule has 0 spiro atoms. The lowest BCUT2D eigenvalue weighted by Gasteiger charge is -2.08. The molecule has 0 radical (unpaired) electrons. The first-order valence-corrected chi connectivity index (χ1v) is 6.32. The molecule has 0 aliphatic carbocycles. The molecule has 2 aromatic rings. The minimum absolute atomic E-state index is 0.123. The zero-order valence-electron chi connectivity index (χ0n) is 10.6. The SMILES string of the molecule is COCc1cccc(CNc2ccc(F)c(Cl)c2)c1. The molecule has 0 heterocycles. The highest BCUT2D eigenvalue weighted by Crippen LogP contribution is 2.20. The van der Waals surface area contributed by atoms with Crippen molar-refractivity contribution in [3.8, 4) is 0 Å². The van der Waals surface area contributed by atoms with Crippen LogP contribution in [-0.4, -0.2) is 7.11 Å². The van der Waals surface area contributed by atoms with Gasteiger partial charge in [-0.1, -0.05) is 35.9 Å². The Bertz CT molecular complexity index is 560. The molecule has 0 amide bonds. The van der Waals surface area contributed by atoms with Crippen LogP contribution in [0.3, 0.4) is 0 Å². The van der Waals surface area contributed by atoms with Gasteiger partial charge in [0.25, 0.3) is 0 Å². The van der Waals surface area contributed by atoms with Crippen LogP contribution in [0.25, 0.3) is 0 Å². The van der Waals surface area contributed by atoms with Gasteiger partial charge in [-0.3, -0.25) is 0 Å². The Morgan fingerprint density at radius 1 is 1.16 bits per heavy atom. The Labute approximate surface area is 117 Å². The van der Waals surface area contributed by atoms with Crippen molar-refractivity contribution in [2.24, 2.45) is 0 Å². The first-order chi connectivity index (χ1) is 9.19. The molecule has 2 nitrogen and oxygen atoms in total. The summed E-state index contributed by atoms with van der Waals surface area (Å²) in [5.74, 6) is -0.408. The third-order valence-electron chi connectivity index (χ3n) is 2.72. The van der Waals surface area contributed by atoms with E-state index in [0.717, 1.165) is 16.8 Å². The maximum atomic E-state index is 13.0. The van der Waals surface area contributed by atoms with E-state index in [2.05, 4.69) is 11.4 Å². The standard InChI is InChI=1S/C15H15ClFNO/c1-19-10-12-4-2-3-11(7-12)9-18-13-5-6-15(17)14(16)8-13/h2-8,18H,9-10H2,1H3. The van der Waals surface area contributed by atoms with Gasteiger partial charge in [0.05, 0.1) is 11.6 Å². The number of anilines is 1. The van der Waals surface area contributed by atoms with E-state index in [9.17, 15) is 4.39 Å². The fraction of sp³-hybridized carbons (Fsp3) is 0.200. The minimum Gasteiger partial charge on any atom is -0.381 e. The Morgan fingerprint density at radius 3 is 2.68 bits per heavy atom. The van der Waals surface area contributed by atoms with Crippen molar-refractivity contribution in [3.63, 3.8) is 0 Å². The highest BCUT2D eigenvalue weighted by Gasteiger charge is 2.01. The lowest BCUT2D eigenvalue weighted by Crippen LogP contribution is -2.00. The first-order valence-electron chi connectivity index (χ1n) is 5.94. The highest BCUT2D eigenvalue weighted by atomic mass is 35.5. The zero-order chi connectivity index (χ0) is 13.7. The molecule has 0 unspecified atom stereocenters. The molecule has 19 heavy (non-hydrogen) atoms. The summed E-state index contributed by atoms with van der Waals surface area (Å²) in [5, 5.41) is 3.33. The van der Waals surface area contributed by atoms with Crippen LogP contribution < -0.4 is 5.32 Å². The number of methoxy groups -OCH3 is 1. The largest absolute Gasteiger partial charge is 0.381 e. The van der Waals surface area contributed by atoms with Gasteiger partial charge in [-0.2, -0.15) is 0 Å². The number of hydrogen-bond donors (Lipinski definition) is 1. The van der Waals surface area contributed by atoms with Gasteiger partial charge in [0.1, 0.15) is 5.82 Å². The molecule has 0 saturated carbocycles. The lowest BCUT2D eigenvalue weighted by atomic mass is 10.1. The Balaban J connectivity index is 2.01. The predicted molar refractivity (Wildman–Crippen MR) is 75.9 cm³/mol. The summed E-state index contributed by atoms with van der Waals surface area (Å²) in [7, 11) is 1.67. The van der Waals surface area contributed by atoms with Gasteiger partial charge in [0.15, 0.2) is 0 Å². The van der Waals surface area contributed by atoms with Gasteiger partial charge in [-0.05, 0) is 29.3 Å². The van der Waals surface area contributed by atoms with E-state index in [0.29, 0.717) is 13.2 Å². The van der Waals surface area contributed by atoms with Crippen molar-refractivity contribution < 1.29 is 9.13 Å². The van der Waals surface area contributed by atoms with Gasteiger partial charge in [-0.15, -0.1) is 0 Å². The van der Waals surface area contributed by atoms with E-state index < -0.39 is 5.82 Å². The third kappa shape index (κ3) is 3.94. The Kier molecular flexibility index (Phi) is 4.77. The molecule has 0 bridgehead atoms. The topological polar surface area (TPSA) is 21.3 Å². The molecule has 0 atom stereocenters. The van der Waals surface area contributed by atoms with Crippen LogP contribution >= 0.6 is 11.6 Å². The normalized spacial score (nSPS) is 10.5. The zero-order valence-corrected chi connectivity index (χ0v) is 11.4. The number of ether oxygens (including phenoxy) is 1. The maximum absolute atomic E-state index is 13.0. The summed E-state index contributed by atoms with van der Waals surface area (Å²) in [6, 6.07) is 12.7. The molecule has 1 N–H and O–H groups in total. The molecule has 0 aromatic heterocycles. The van der Waals surface area contributed by atoms with Crippen molar-refractivity contribution in [2.45, 2.75) is 13.2 Å². The van der Waals surface area contributed by atoms with Crippen LogP contribution in [0.2, 0.25) is 5.02 Å². The monoisotopic (exact) mass is 279 g/mol. The van der Waals surface area contributed by atoms with E-state index >= 15 is 0 Å². The lowest BCUT2D eigenvalue weighted by molar-refractivity contribution is 0.185. The van der Waals surface area contributed by atoms with Crippen LogP contribution in [0.4, 0.5) is 10.1 Å². The fourth-order valence-corrected chi connectivity index (χ4v) is 1.99. The van der Waals surface area contributed by atoms with Crippen molar-refractivity contribution in [1.29, 1.82) is 0 Å². The van der Waals surface area contributed by atoms with Crippen molar-refractivity contribution in [3.05, 3.63) is 64.4 Å². The maximum Gasteiger partial charge on any atom is 0.141 e. The molecule has 2 aromatic carbocycles.